The molecule has 0 fully saturated rings. The smallest absolute Gasteiger partial charge is 0.331 e. The second-order valence-corrected chi connectivity index (χ2v) is 5.04. The number of non-ortho nitro benzene ring substituents is 1. The van der Waals surface area contributed by atoms with E-state index in [1.807, 2.05) is 0 Å². The number of amides is 1. The first-order valence-corrected chi connectivity index (χ1v) is 7.33. The van der Waals surface area contributed by atoms with E-state index >= 15 is 0 Å². The minimum Gasteiger partial charge on any atom is -0.452 e. The van der Waals surface area contributed by atoms with E-state index in [9.17, 15) is 19.7 Å². The van der Waals surface area contributed by atoms with Crippen LogP contribution in [0.2, 0.25) is 5.15 Å². The van der Waals surface area contributed by atoms with Crippen LogP contribution in [0, 0.1) is 10.1 Å². The lowest BCUT2D eigenvalue weighted by Gasteiger charge is -2.06. The number of rotatable bonds is 6. The molecule has 0 spiro atoms. The standard InChI is InChI=1S/C16H12ClN3O5/c17-16-13(5-2-8-18-16)19-14(21)10-25-15(22)7-6-11-3-1-4-12(9-11)20(23)24/h1-9H,10H2,(H,19,21)/b7-6+. The second-order valence-electron chi connectivity index (χ2n) is 4.68. The Morgan fingerprint density at radius 3 is 2.84 bits per heavy atom. The van der Waals surface area contributed by atoms with Gasteiger partial charge in [0.05, 0.1) is 10.6 Å². The van der Waals surface area contributed by atoms with E-state index < -0.39 is 23.4 Å². The Balaban J connectivity index is 1.86. The summed E-state index contributed by atoms with van der Waals surface area (Å²) in [6, 6.07) is 8.87. The monoisotopic (exact) mass is 361 g/mol. The highest BCUT2D eigenvalue weighted by Crippen LogP contribution is 2.17. The summed E-state index contributed by atoms with van der Waals surface area (Å²) in [4.78, 5) is 37.2. The Labute approximate surface area is 147 Å². The number of hydrogen-bond donors (Lipinski definition) is 1. The van der Waals surface area contributed by atoms with E-state index in [4.69, 9.17) is 16.3 Å². The molecule has 0 atom stereocenters. The number of esters is 1. The fourth-order valence-corrected chi connectivity index (χ4v) is 1.92. The predicted molar refractivity (Wildman–Crippen MR) is 91.0 cm³/mol. The average Bonchev–Trinajstić information content (AvgIpc) is 2.60. The van der Waals surface area contributed by atoms with Crippen LogP contribution in [0.15, 0.2) is 48.7 Å². The highest BCUT2D eigenvalue weighted by molar-refractivity contribution is 6.32. The summed E-state index contributed by atoms with van der Waals surface area (Å²) in [6.45, 7) is -0.511. The van der Waals surface area contributed by atoms with E-state index in [1.165, 1.54) is 30.5 Å². The lowest BCUT2D eigenvalue weighted by atomic mass is 10.2. The third kappa shape index (κ3) is 5.70. The highest BCUT2D eigenvalue weighted by atomic mass is 35.5. The SMILES string of the molecule is O=C(COC(=O)/C=C/c1cccc([N+](=O)[O-])c1)Nc1cccnc1Cl. The van der Waals surface area contributed by atoms with Gasteiger partial charge in [0, 0.05) is 24.4 Å². The topological polar surface area (TPSA) is 111 Å². The van der Waals surface area contributed by atoms with Gasteiger partial charge >= 0.3 is 5.97 Å². The molecule has 2 rings (SSSR count). The molecule has 128 valence electrons. The molecule has 2 aromatic rings. The maximum Gasteiger partial charge on any atom is 0.331 e. The van der Waals surface area contributed by atoms with Crippen molar-refractivity contribution < 1.29 is 19.2 Å². The van der Waals surface area contributed by atoms with Crippen molar-refractivity contribution in [1.29, 1.82) is 0 Å². The van der Waals surface area contributed by atoms with Crippen molar-refractivity contribution in [1.82, 2.24) is 4.98 Å². The van der Waals surface area contributed by atoms with Gasteiger partial charge in [0.2, 0.25) is 0 Å². The molecule has 0 unspecified atom stereocenters. The number of aromatic nitrogens is 1. The van der Waals surface area contributed by atoms with Gasteiger partial charge in [-0.05, 0) is 23.8 Å². The molecule has 0 bridgehead atoms. The Morgan fingerprint density at radius 2 is 2.12 bits per heavy atom. The molecule has 1 aromatic heterocycles. The number of nitro groups is 1. The van der Waals surface area contributed by atoms with Gasteiger partial charge in [0.1, 0.15) is 0 Å². The molecule has 1 aromatic carbocycles. The number of pyridine rings is 1. The molecule has 9 heteroatoms. The average molecular weight is 362 g/mol. The highest BCUT2D eigenvalue weighted by Gasteiger charge is 2.09. The molecule has 25 heavy (non-hydrogen) atoms. The minimum atomic E-state index is -0.765. The van der Waals surface area contributed by atoms with E-state index in [-0.39, 0.29) is 10.8 Å². The maximum atomic E-state index is 11.7. The van der Waals surface area contributed by atoms with E-state index in [0.29, 0.717) is 11.3 Å². The van der Waals surface area contributed by atoms with E-state index in [0.717, 1.165) is 6.08 Å². The fourth-order valence-electron chi connectivity index (χ4n) is 1.76. The zero-order valence-corrected chi connectivity index (χ0v) is 13.5. The summed E-state index contributed by atoms with van der Waals surface area (Å²) in [5.41, 5.74) is 0.665. The van der Waals surface area contributed by atoms with Crippen molar-refractivity contribution in [3.8, 4) is 0 Å². The quantitative estimate of drug-likeness (QED) is 0.278. The summed E-state index contributed by atoms with van der Waals surface area (Å²) in [6.07, 6.45) is 3.89. The molecule has 0 saturated heterocycles. The zero-order chi connectivity index (χ0) is 18.2. The van der Waals surface area contributed by atoms with Crippen LogP contribution in [0.25, 0.3) is 6.08 Å². The Kier molecular flexibility index (Phi) is 6.19. The van der Waals surface area contributed by atoms with Crippen LogP contribution >= 0.6 is 11.6 Å². The molecule has 1 heterocycles. The molecular formula is C16H12ClN3O5. The molecule has 1 amide bonds. The Hall–Kier alpha value is -3.26. The predicted octanol–water partition coefficient (Wildman–Crippen LogP) is 2.84. The molecule has 0 radical (unpaired) electrons. The van der Waals surface area contributed by atoms with Gasteiger partial charge in [0.15, 0.2) is 11.8 Å². The molecule has 0 aliphatic rings. The van der Waals surface area contributed by atoms with Crippen molar-refractivity contribution in [3.63, 3.8) is 0 Å². The van der Waals surface area contributed by atoms with E-state index in [2.05, 4.69) is 10.3 Å². The van der Waals surface area contributed by atoms with Crippen LogP contribution in [-0.4, -0.2) is 28.4 Å². The van der Waals surface area contributed by atoms with E-state index in [1.54, 1.807) is 18.2 Å². The van der Waals surface area contributed by atoms with Crippen molar-refractivity contribution in [2.45, 2.75) is 0 Å². The van der Waals surface area contributed by atoms with Crippen LogP contribution in [0.1, 0.15) is 5.56 Å². The van der Waals surface area contributed by atoms with Gasteiger partial charge in [0.25, 0.3) is 11.6 Å². The van der Waals surface area contributed by atoms with Gasteiger partial charge in [-0.2, -0.15) is 0 Å². The number of hydrogen-bond acceptors (Lipinski definition) is 6. The lowest BCUT2D eigenvalue weighted by Crippen LogP contribution is -2.20. The fraction of sp³-hybridized carbons (Fsp3) is 0.0625. The summed E-state index contributed by atoms with van der Waals surface area (Å²) >= 11 is 5.79. The van der Waals surface area contributed by atoms with Crippen LogP contribution in [0.5, 0.6) is 0 Å². The number of carbonyl (C=O) groups excluding carboxylic acids is 2. The maximum absolute atomic E-state index is 11.7. The van der Waals surface area contributed by atoms with Crippen LogP contribution in [0.4, 0.5) is 11.4 Å². The number of anilines is 1. The van der Waals surface area contributed by atoms with Gasteiger partial charge in [-0.1, -0.05) is 23.7 Å². The van der Waals surface area contributed by atoms with Crippen LogP contribution < -0.4 is 5.32 Å². The van der Waals surface area contributed by atoms with Crippen LogP contribution in [-0.2, 0) is 14.3 Å². The lowest BCUT2D eigenvalue weighted by molar-refractivity contribution is -0.384. The third-order valence-corrected chi connectivity index (χ3v) is 3.17. The number of nitro benzene ring substituents is 1. The number of benzene rings is 1. The normalized spacial score (nSPS) is 10.4. The van der Waals surface area contributed by atoms with Gasteiger partial charge < -0.3 is 10.1 Å². The first-order chi connectivity index (χ1) is 12.0. The molecule has 1 N–H and O–H groups in total. The third-order valence-electron chi connectivity index (χ3n) is 2.87. The summed E-state index contributed by atoms with van der Waals surface area (Å²) in [5, 5.41) is 13.2. The van der Waals surface area contributed by atoms with Crippen LogP contribution in [0.3, 0.4) is 0 Å². The Morgan fingerprint density at radius 1 is 1.32 bits per heavy atom. The number of ether oxygens (including phenoxy) is 1. The summed E-state index contributed by atoms with van der Waals surface area (Å²) in [5.74, 6) is -1.34. The van der Waals surface area contributed by atoms with Crippen molar-refractivity contribution in [3.05, 3.63) is 69.5 Å². The zero-order valence-electron chi connectivity index (χ0n) is 12.7. The minimum absolute atomic E-state index is 0.0942. The first-order valence-electron chi connectivity index (χ1n) is 6.95. The summed E-state index contributed by atoms with van der Waals surface area (Å²) in [7, 11) is 0. The molecule has 0 aliphatic carbocycles. The van der Waals surface area contributed by atoms with Crippen molar-refractivity contribution in [2.24, 2.45) is 0 Å². The van der Waals surface area contributed by atoms with Crippen molar-refractivity contribution in [2.75, 3.05) is 11.9 Å². The molecule has 8 nitrogen and oxygen atoms in total. The van der Waals surface area contributed by atoms with Gasteiger partial charge in [-0.15, -0.1) is 0 Å². The molecule has 0 saturated carbocycles. The Bertz CT molecular complexity index is 838. The number of nitrogens with one attached hydrogen (secondary N) is 1. The first kappa shape index (κ1) is 18.1. The largest absolute Gasteiger partial charge is 0.452 e. The summed E-state index contributed by atoms with van der Waals surface area (Å²) < 4.78 is 4.78. The van der Waals surface area contributed by atoms with Gasteiger partial charge in [-0.3, -0.25) is 14.9 Å². The molecular weight excluding hydrogens is 350 g/mol. The van der Waals surface area contributed by atoms with Crippen molar-refractivity contribution >= 4 is 40.9 Å². The number of carbonyl (C=O) groups is 2. The number of halogens is 1. The molecule has 0 aliphatic heterocycles. The van der Waals surface area contributed by atoms with Gasteiger partial charge in [-0.25, -0.2) is 9.78 Å². The number of nitrogens with zero attached hydrogens (tertiary/aromatic N) is 2. The second kappa shape index (κ2) is 8.55.